The molecule has 0 saturated carbocycles. The average molecular weight is 371 g/mol. The van der Waals surface area contributed by atoms with Crippen molar-refractivity contribution in [2.24, 2.45) is 0 Å². The summed E-state index contributed by atoms with van der Waals surface area (Å²) in [5.74, 6) is 0. The zero-order valence-electron chi connectivity index (χ0n) is 7.77. The van der Waals surface area contributed by atoms with Crippen LogP contribution in [0, 0.1) is 12.6 Å². The summed E-state index contributed by atoms with van der Waals surface area (Å²) >= 11 is 0. The molecule has 0 fully saturated rings. The smallest absolute Gasteiger partial charge is 0.108 e. The van der Waals surface area contributed by atoms with Gasteiger partial charge in [0.15, 0.2) is 0 Å². The van der Waals surface area contributed by atoms with Crippen LogP contribution in [-0.4, -0.2) is 4.98 Å². The number of hydrogen-bond donors (Lipinski definition) is 0. The SMILES string of the molecule is [C-]#[N+]c1cc[c-]c(-c2ccccn2)c1.[Ir]. The van der Waals surface area contributed by atoms with E-state index in [1.165, 1.54) is 0 Å². The number of rotatable bonds is 1. The monoisotopic (exact) mass is 372 g/mol. The van der Waals surface area contributed by atoms with E-state index >= 15 is 0 Å². The standard InChI is InChI=1S/C12H7N2.Ir/c1-13-11-6-4-5-10(9-11)12-7-2-3-8-14-12;/h2-4,6-9H;/q-1;. The van der Waals surface area contributed by atoms with Crippen molar-refractivity contribution in [2.45, 2.75) is 0 Å². The Labute approximate surface area is 102 Å². The first-order chi connectivity index (χ1) is 6.90. The van der Waals surface area contributed by atoms with Crippen LogP contribution in [0.15, 0.2) is 42.6 Å². The third kappa shape index (κ3) is 2.73. The van der Waals surface area contributed by atoms with Crippen LogP contribution in [0.4, 0.5) is 5.69 Å². The Morgan fingerprint density at radius 2 is 2.13 bits per heavy atom. The van der Waals surface area contributed by atoms with Crippen molar-refractivity contribution in [3.05, 3.63) is 60.1 Å². The van der Waals surface area contributed by atoms with E-state index in [1.807, 2.05) is 18.2 Å². The molecular formula is C12H7IrN2-. The van der Waals surface area contributed by atoms with Crippen LogP contribution in [0.25, 0.3) is 16.1 Å². The van der Waals surface area contributed by atoms with Crippen molar-refractivity contribution in [3.8, 4) is 11.3 Å². The van der Waals surface area contributed by atoms with E-state index in [0.717, 1.165) is 11.3 Å². The van der Waals surface area contributed by atoms with E-state index in [2.05, 4.69) is 15.9 Å². The topological polar surface area (TPSA) is 17.2 Å². The van der Waals surface area contributed by atoms with Crippen molar-refractivity contribution < 1.29 is 20.1 Å². The van der Waals surface area contributed by atoms with Crippen LogP contribution in [0.2, 0.25) is 0 Å². The summed E-state index contributed by atoms with van der Waals surface area (Å²) in [5, 5.41) is 0. The second-order valence-corrected chi connectivity index (χ2v) is 2.79. The molecular weight excluding hydrogens is 364 g/mol. The summed E-state index contributed by atoms with van der Waals surface area (Å²) in [6, 6.07) is 14.0. The summed E-state index contributed by atoms with van der Waals surface area (Å²) in [7, 11) is 0. The number of aromatic nitrogens is 1. The van der Waals surface area contributed by atoms with Gasteiger partial charge in [0.05, 0.1) is 6.57 Å². The first-order valence-corrected chi connectivity index (χ1v) is 4.21. The van der Waals surface area contributed by atoms with Gasteiger partial charge in [-0.2, -0.15) is 6.07 Å². The maximum atomic E-state index is 6.89. The van der Waals surface area contributed by atoms with Gasteiger partial charge >= 0.3 is 0 Å². The Kier molecular flexibility index (Phi) is 4.17. The minimum atomic E-state index is 0. The van der Waals surface area contributed by atoms with Gasteiger partial charge in [-0.15, -0.1) is 23.8 Å². The Hall–Kier alpha value is -1.49. The maximum absolute atomic E-state index is 6.89. The average Bonchev–Trinajstić information content (AvgIpc) is 2.30. The van der Waals surface area contributed by atoms with Crippen molar-refractivity contribution in [1.29, 1.82) is 0 Å². The molecule has 75 valence electrons. The van der Waals surface area contributed by atoms with Gasteiger partial charge in [0, 0.05) is 26.3 Å². The van der Waals surface area contributed by atoms with Crippen LogP contribution in [0.1, 0.15) is 0 Å². The summed E-state index contributed by atoms with van der Waals surface area (Å²) in [5.41, 5.74) is 2.32. The molecule has 0 bridgehead atoms. The molecule has 2 aromatic rings. The van der Waals surface area contributed by atoms with Crippen LogP contribution >= 0.6 is 0 Å². The Morgan fingerprint density at radius 1 is 1.27 bits per heavy atom. The number of hydrogen-bond acceptors (Lipinski definition) is 1. The van der Waals surface area contributed by atoms with Gasteiger partial charge in [-0.3, -0.25) is 4.85 Å². The van der Waals surface area contributed by atoms with Crippen LogP contribution in [0.5, 0.6) is 0 Å². The van der Waals surface area contributed by atoms with Crippen molar-refractivity contribution >= 4 is 5.69 Å². The number of benzene rings is 1. The fraction of sp³-hybridized carbons (Fsp3) is 0. The largest absolute Gasteiger partial charge is 0.305 e. The van der Waals surface area contributed by atoms with E-state index in [0.29, 0.717) is 5.69 Å². The molecule has 0 atom stereocenters. The maximum Gasteiger partial charge on any atom is 0.108 e. The molecule has 0 unspecified atom stereocenters. The zero-order valence-corrected chi connectivity index (χ0v) is 10.2. The van der Waals surface area contributed by atoms with Crippen LogP contribution in [0.3, 0.4) is 0 Å². The molecule has 1 heterocycles. The fourth-order valence-corrected chi connectivity index (χ4v) is 1.19. The Balaban J connectivity index is 0.00000112. The predicted octanol–water partition coefficient (Wildman–Crippen LogP) is 3.10. The summed E-state index contributed by atoms with van der Waals surface area (Å²) in [6.45, 7) is 6.89. The second kappa shape index (κ2) is 5.41. The van der Waals surface area contributed by atoms with Crippen molar-refractivity contribution in [3.63, 3.8) is 0 Å². The van der Waals surface area contributed by atoms with Crippen LogP contribution in [-0.2, 0) is 20.1 Å². The zero-order chi connectivity index (χ0) is 9.80. The molecule has 3 heteroatoms. The van der Waals surface area contributed by atoms with Gasteiger partial charge in [0.2, 0.25) is 0 Å². The molecule has 15 heavy (non-hydrogen) atoms. The van der Waals surface area contributed by atoms with E-state index in [9.17, 15) is 0 Å². The predicted molar refractivity (Wildman–Crippen MR) is 54.8 cm³/mol. The van der Waals surface area contributed by atoms with Gasteiger partial charge < -0.3 is 4.98 Å². The second-order valence-electron chi connectivity index (χ2n) is 2.79. The summed E-state index contributed by atoms with van der Waals surface area (Å²) in [6.07, 6.45) is 1.73. The summed E-state index contributed by atoms with van der Waals surface area (Å²) in [4.78, 5) is 7.55. The molecule has 0 aliphatic carbocycles. The number of pyridine rings is 1. The molecule has 0 N–H and O–H groups in total. The van der Waals surface area contributed by atoms with E-state index in [1.54, 1.807) is 24.4 Å². The molecule has 0 amide bonds. The number of nitrogens with zero attached hydrogens (tertiary/aromatic N) is 2. The molecule has 2 nitrogen and oxygen atoms in total. The van der Waals surface area contributed by atoms with Crippen molar-refractivity contribution in [1.82, 2.24) is 4.98 Å². The van der Waals surface area contributed by atoms with Gasteiger partial charge in [0.25, 0.3) is 0 Å². The molecule has 0 aliphatic rings. The third-order valence-electron chi connectivity index (χ3n) is 1.86. The van der Waals surface area contributed by atoms with Crippen LogP contribution < -0.4 is 0 Å². The van der Waals surface area contributed by atoms with E-state index < -0.39 is 0 Å². The molecule has 1 aromatic carbocycles. The molecule has 1 radical (unpaired) electrons. The Bertz CT molecular complexity index is 474. The Morgan fingerprint density at radius 3 is 2.80 bits per heavy atom. The molecule has 1 aromatic heterocycles. The van der Waals surface area contributed by atoms with E-state index in [-0.39, 0.29) is 20.1 Å². The summed E-state index contributed by atoms with van der Waals surface area (Å²) < 4.78 is 0. The minimum absolute atomic E-state index is 0. The quantitative estimate of drug-likeness (QED) is 0.704. The van der Waals surface area contributed by atoms with Gasteiger partial charge in [0.1, 0.15) is 5.69 Å². The molecule has 0 saturated heterocycles. The first-order valence-electron chi connectivity index (χ1n) is 4.21. The fourth-order valence-electron chi connectivity index (χ4n) is 1.19. The molecule has 0 spiro atoms. The van der Waals surface area contributed by atoms with E-state index in [4.69, 9.17) is 6.57 Å². The molecule has 2 rings (SSSR count). The van der Waals surface area contributed by atoms with Gasteiger partial charge in [-0.1, -0.05) is 12.1 Å². The van der Waals surface area contributed by atoms with Gasteiger partial charge in [-0.25, -0.2) is 0 Å². The minimum Gasteiger partial charge on any atom is -0.305 e. The van der Waals surface area contributed by atoms with Crippen molar-refractivity contribution in [2.75, 3.05) is 0 Å². The van der Waals surface area contributed by atoms with Gasteiger partial charge in [-0.05, 0) is 11.8 Å². The first kappa shape index (κ1) is 11.6. The third-order valence-corrected chi connectivity index (χ3v) is 1.86. The normalized spacial score (nSPS) is 8.73. The molecule has 0 aliphatic heterocycles.